The van der Waals surface area contributed by atoms with Crippen LogP contribution >= 0.6 is 0 Å². The predicted octanol–water partition coefficient (Wildman–Crippen LogP) is 2.08. The van der Waals surface area contributed by atoms with Crippen molar-refractivity contribution in [1.82, 2.24) is 10.2 Å². The van der Waals surface area contributed by atoms with Crippen LogP contribution in [0.1, 0.15) is 17.9 Å². The van der Waals surface area contributed by atoms with Crippen LogP contribution < -0.4 is 5.32 Å². The highest BCUT2D eigenvalue weighted by atomic mass is 19.1. The third kappa shape index (κ3) is 3.05. The maximum Gasteiger partial charge on any atom is 0.123 e. The first-order valence-electron chi connectivity index (χ1n) is 6.29. The van der Waals surface area contributed by atoms with E-state index in [2.05, 4.69) is 17.3 Å². The lowest BCUT2D eigenvalue weighted by atomic mass is 9.85. The van der Waals surface area contributed by atoms with Crippen LogP contribution in [0.15, 0.2) is 24.3 Å². The molecule has 0 bridgehead atoms. The van der Waals surface area contributed by atoms with E-state index in [1.807, 2.05) is 19.2 Å². The average Bonchev–Trinajstić information content (AvgIpc) is 2.74. The minimum atomic E-state index is -0.152. The third-order valence-corrected chi connectivity index (χ3v) is 3.72. The summed E-state index contributed by atoms with van der Waals surface area (Å²) in [5.74, 6) is 1.02. The highest BCUT2D eigenvalue weighted by Crippen LogP contribution is 2.31. The van der Waals surface area contributed by atoms with E-state index in [9.17, 15) is 4.39 Å². The van der Waals surface area contributed by atoms with Gasteiger partial charge in [-0.3, -0.25) is 0 Å². The summed E-state index contributed by atoms with van der Waals surface area (Å²) in [5, 5.41) is 3.26. The molecule has 0 aromatic heterocycles. The second kappa shape index (κ2) is 5.61. The molecule has 0 spiro atoms. The molecule has 1 aromatic carbocycles. The second-order valence-corrected chi connectivity index (χ2v) is 5.03. The summed E-state index contributed by atoms with van der Waals surface area (Å²) in [4.78, 5) is 2.37. The van der Waals surface area contributed by atoms with Crippen molar-refractivity contribution in [3.8, 4) is 0 Å². The summed E-state index contributed by atoms with van der Waals surface area (Å²) in [6, 6.07) is 6.98. The zero-order chi connectivity index (χ0) is 12.3. The molecular formula is C14H21FN2. The molecule has 0 aliphatic carbocycles. The van der Waals surface area contributed by atoms with Crippen LogP contribution in [-0.4, -0.2) is 38.6 Å². The van der Waals surface area contributed by atoms with Gasteiger partial charge in [-0.1, -0.05) is 12.1 Å². The number of halogens is 1. The number of hydrogen-bond acceptors (Lipinski definition) is 2. The van der Waals surface area contributed by atoms with Gasteiger partial charge in [0.15, 0.2) is 0 Å². The molecule has 0 amide bonds. The molecule has 2 atom stereocenters. The Labute approximate surface area is 103 Å². The summed E-state index contributed by atoms with van der Waals surface area (Å²) in [5.41, 5.74) is 1.25. The minimum absolute atomic E-state index is 0.152. The molecular weight excluding hydrogens is 215 g/mol. The van der Waals surface area contributed by atoms with Gasteiger partial charge in [0.1, 0.15) is 5.82 Å². The second-order valence-electron chi connectivity index (χ2n) is 5.03. The van der Waals surface area contributed by atoms with Crippen molar-refractivity contribution in [2.75, 3.05) is 33.7 Å². The average molecular weight is 236 g/mol. The van der Waals surface area contributed by atoms with Gasteiger partial charge in [0.25, 0.3) is 0 Å². The SMILES string of the molecule is CNCC(c1ccc(F)cc1)C1CCN(C)C1. The quantitative estimate of drug-likeness (QED) is 0.861. The number of hydrogen-bond donors (Lipinski definition) is 1. The fourth-order valence-corrected chi connectivity index (χ4v) is 2.78. The number of rotatable bonds is 4. The number of likely N-dealkylation sites (tertiary alicyclic amines) is 1. The van der Waals surface area contributed by atoms with Gasteiger partial charge in [-0.2, -0.15) is 0 Å². The zero-order valence-electron chi connectivity index (χ0n) is 10.6. The maximum absolute atomic E-state index is 13.0. The maximum atomic E-state index is 13.0. The Bertz CT molecular complexity index is 350. The standard InChI is InChI=1S/C14H21FN2/c1-16-9-14(12-7-8-17(2)10-12)11-3-5-13(15)6-4-11/h3-6,12,14,16H,7-10H2,1-2H3. The Kier molecular flexibility index (Phi) is 4.13. The topological polar surface area (TPSA) is 15.3 Å². The van der Waals surface area contributed by atoms with Crippen molar-refractivity contribution in [3.05, 3.63) is 35.6 Å². The van der Waals surface area contributed by atoms with Crippen molar-refractivity contribution in [3.63, 3.8) is 0 Å². The van der Waals surface area contributed by atoms with Crippen LogP contribution in [0.25, 0.3) is 0 Å². The molecule has 3 heteroatoms. The van der Waals surface area contributed by atoms with E-state index in [0.29, 0.717) is 11.8 Å². The van der Waals surface area contributed by atoms with Gasteiger partial charge in [0.2, 0.25) is 0 Å². The Morgan fingerprint density at radius 3 is 2.65 bits per heavy atom. The van der Waals surface area contributed by atoms with Crippen LogP contribution in [0.5, 0.6) is 0 Å². The molecule has 1 aliphatic heterocycles. The molecule has 94 valence electrons. The highest BCUT2D eigenvalue weighted by Gasteiger charge is 2.28. The molecule has 1 fully saturated rings. The van der Waals surface area contributed by atoms with E-state index < -0.39 is 0 Å². The number of nitrogens with zero attached hydrogens (tertiary/aromatic N) is 1. The summed E-state index contributed by atoms with van der Waals surface area (Å²) in [6.07, 6.45) is 1.24. The minimum Gasteiger partial charge on any atom is -0.319 e. The van der Waals surface area contributed by atoms with E-state index >= 15 is 0 Å². The molecule has 2 unspecified atom stereocenters. The lowest BCUT2D eigenvalue weighted by molar-refractivity contribution is 0.365. The molecule has 2 nitrogen and oxygen atoms in total. The van der Waals surface area contributed by atoms with Gasteiger partial charge in [-0.15, -0.1) is 0 Å². The first kappa shape index (κ1) is 12.5. The summed E-state index contributed by atoms with van der Waals surface area (Å²) < 4.78 is 13.0. The van der Waals surface area contributed by atoms with Crippen molar-refractivity contribution < 1.29 is 4.39 Å². The summed E-state index contributed by atoms with van der Waals surface area (Å²) in [7, 11) is 4.15. The normalized spacial score (nSPS) is 22.9. The molecule has 0 radical (unpaired) electrons. The van der Waals surface area contributed by atoms with Gasteiger partial charge >= 0.3 is 0 Å². The molecule has 17 heavy (non-hydrogen) atoms. The fraction of sp³-hybridized carbons (Fsp3) is 0.571. The van der Waals surface area contributed by atoms with E-state index in [4.69, 9.17) is 0 Å². The van der Waals surface area contributed by atoms with Crippen molar-refractivity contribution in [1.29, 1.82) is 0 Å². The lowest BCUT2D eigenvalue weighted by Crippen LogP contribution is -2.26. The number of nitrogens with one attached hydrogen (secondary N) is 1. The third-order valence-electron chi connectivity index (χ3n) is 3.72. The monoisotopic (exact) mass is 236 g/mol. The Morgan fingerprint density at radius 2 is 2.12 bits per heavy atom. The van der Waals surface area contributed by atoms with Crippen LogP contribution in [0.4, 0.5) is 4.39 Å². The molecule has 1 aromatic rings. The fourth-order valence-electron chi connectivity index (χ4n) is 2.78. The van der Waals surface area contributed by atoms with Gasteiger partial charge in [0, 0.05) is 19.0 Å². The zero-order valence-corrected chi connectivity index (χ0v) is 10.6. The first-order valence-corrected chi connectivity index (χ1v) is 6.29. The van der Waals surface area contributed by atoms with Crippen molar-refractivity contribution in [2.45, 2.75) is 12.3 Å². The van der Waals surface area contributed by atoms with Gasteiger partial charge < -0.3 is 10.2 Å². The Hall–Kier alpha value is -0.930. The molecule has 1 N–H and O–H groups in total. The first-order chi connectivity index (χ1) is 8.20. The van der Waals surface area contributed by atoms with Crippen molar-refractivity contribution in [2.24, 2.45) is 5.92 Å². The van der Waals surface area contributed by atoms with Gasteiger partial charge in [-0.25, -0.2) is 4.39 Å². The number of likely N-dealkylation sites (N-methyl/N-ethyl adjacent to an activating group) is 1. The van der Waals surface area contributed by atoms with Gasteiger partial charge in [-0.05, 0) is 50.7 Å². The van der Waals surface area contributed by atoms with Crippen LogP contribution in [0.3, 0.4) is 0 Å². The molecule has 1 heterocycles. The van der Waals surface area contributed by atoms with E-state index in [-0.39, 0.29) is 5.82 Å². The smallest absolute Gasteiger partial charge is 0.123 e. The largest absolute Gasteiger partial charge is 0.319 e. The van der Waals surface area contributed by atoms with Crippen LogP contribution in [0, 0.1) is 11.7 Å². The highest BCUT2D eigenvalue weighted by molar-refractivity contribution is 5.22. The van der Waals surface area contributed by atoms with Crippen LogP contribution in [0.2, 0.25) is 0 Å². The predicted molar refractivity (Wildman–Crippen MR) is 68.7 cm³/mol. The molecule has 1 aliphatic rings. The van der Waals surface area contributed by atoms with E-state index in [1.165, 1.54) is 18.5 Å². The molecule has 1 saturated heterocycles. The summed E-state index contributed by atoms with van der Waals surface area (Å²) in [6.45, 7) is 3.28. The van der Waals surface area contributed by atoms with Crippen molar-refractivity contribution >= 4 is 0 Å². The lowest BCUT2D eigenvalue weighted by Gasteiger charge is -2.23. The van der Waals surface area contributed by atoms with Crippen LogP contribution in [-0.2, 0) is 0 Å². The van der Waals surface area contributed by atoms with E-state index in [0.717, 1.165) is 13.1 Å². The molecule has 2 rings (SSSR count). The number of benzene rings is 1. The Morgan fingerprint density at radius 1 is 1.41 bits per heavy atom. The Balaban J connectivity index is 2.13. The summed E-state index contributed by atoms with van der Waals surface area (Å²) >= 11 is 0. The molecule has 0 saturated carbocycles. The van der Waals surface area contributed by atoms with Gasteiger partial charge in [0.05, 0.1) is 0 Å². The van der Waals surface area contributed by atoms with E-state index in [1.54, 1.807) is 12.1 Å².